The summed E-state index contributed by atoms with van der Waals surface area (Å²) < 4.78 is 5.44. The molecular weight excluding hydrogens is 328 g/mol. The third-order valence-electron chi connectivity index (χ3n) is 3.91. The summed E-state index contributed by atoms with van der Waals surface area (Å²) in [5, 5.41) is 0.414. The largest absolute Gasteiger partial charge is 0.448 e. The highest BCUT2D eigenvalue weighted by Crippen LogP contribution is 2.30. The molecule has 2 aromatic carbocycles. The molecule has 0 N–H and O–H groups in total. The molecule has 5 heteroatoms. The van der Waals surface area contributed by atoms with Crippen molar-refractivity contribution in [3.63, 3.8) is 0 Å². The molecule has 0 saturated heterocycles. The smallest absolute Gasteiger partial charge is 0.229 e. The molecule has 24 heavy (non-hydrogen) atoms. The average molecular weight is 337 g/mol. The molecule has 0 atom stereocenters. The van der Waals surface area contributed by atoms with Crippen LogP contribution in [0.2, 0.25) is 5.02 Å². The van der Waals surface area contributed by atoms with Crippen molar-refractivity contribution in [2.75, 3.05) is 0 Å². The number of halogens is 1. The van der Waals surface area contributed by atoms with Crippen LogP contribution in [0, 0.1) is 0 Å². The van der Waals surface area contributed by atoms with Crippen LogP contribution in [0.5, 0.6) is 0 Å². The van der Waals surface area contributed by atoms with Crippen molar-refractivity contribution in [2.45, 2.75) is 0 Å². The van der Waals surface area contributed by atoms with Gasteiger partial charge in [-0.15, -0.1) is 0 Å². The SMILES string of the molecule is O=C(c1cccc(Cl)c1)c1cc2c(o1)C(=O)c1ccccc1C2=O. The maximum atomic E-state index is 12.5. The summed E-state index contributed by atoms with van der Waals surface area (Å²) in [5.74, 6) is -1.31. The zero-order valence-corrected chi connectivity index (χ0v) is 13.0. The van der Waals surface area contributed by atoms with Gasteiger partial charge in [0, 0.05) is 21.7 Å². The summed E-state index contributed by atoms with van der Waals surface area (Å²) in [6, 6.07) is 14.2. The van der Waals surface area contributed by atoms with Crippen molar-refractivity contribution in [3.8, 4) is 0 Å². The zero-order chi connectivity index (χ0) is 16.8. The van der Waals surface area contributed by atoms with Crippen molar-refractivity contribution >= 4 is 29.0 Å². The highest BCUT2D eigenvalue weighted by atomic mass is 35.5. The molecule has 0 amide bonds. The number of hydrogen-bond donors (Lipinski definition) is 0. The summed E-state index contributed by atoms with van der Waals surface area (Å²) in [6.07, 6.45) is 0. The van der Waals surface area contributed by atoms with Crippen LogP contribution in [-0.2, 0) is 0 Å². The molecule has 1 aliphatic rings. The Kier molecular flexibility index (Phi) is 3.22. The number of fused-ring (bicyclic) bond motifs is 2. The first-order valence-corrected chi connectivity index (χ1v) is 7.56. The molecule has 3 aromatic rings. The molecule has 0 saturated carbocycles. The monoisotopic (exact) mass is 336 g/mol. The number of rotatable bonds is 2. The Balaban J connectivity index is 1.82. The predicted octanol–water partition coefficient (Wildman–Crippen LogP) is 3.94. The van der Waals surface area contributed by atoms with Gasteiger partial charge < -0.3 is 4.42 Å². The Bertz CT molecular complexity index is 977. The molecule has 0 unspecified atom stereocenters. The van der Waals surface area contributed by atoms with E-state index in [0.29, 0.717) is 16.1 Å². The summed E-state index contributed by atoms with van der Waals surface area (Å²) in [5.41, 5.74) is 1.04. The first kappa shape index (κ1) is 14.6. The van der Waals surface area contributed by atoms with Gasteiger partial charge in [-0.1, -0.05) is 48.0 Å². The van der Waals surface area contributed by atoms with Crippen LogP contribution in [0.1, 0.15) is 48.2 Å². The number of hydrogen-bond acceptors (Lipinski definition) is 4. The van der Waals surface area contributed by atoms with Gasteiger partial charge in [0.1, 0.15) is 0 Å². The van der Waals surface area contributed by atoms with Gasteiger partial charge >= 0.3 is 0 Å². The van der Waals surface area contributed by atoms with Crippen molar-refractivity contribution in [3.05, 3.63) is 93.4 Å². The van der Waals surface area contributed by atoms with E-state index in [1.54, 1.807) is 42.5 Å². The van der Waals surface area contributed by atoms with Crippen LogP contribution in [-0.4, -0.2) is 17.3 Å². The summed E-state index contributed by atoms with van der Waals surface area (Å²) in [6.45, 7) is 0. The number of furan rings is 1. The fourth-order valence-corrected chi connectivity index (χ4v) is 2.95. The third-order valence-corrected chi connectivity index (χ3v) is 4.14. The second-order valence-corrected chi connectivity index (χ2v) is 5.83. The van der Waals surface area contributed by atoms with E-state index in [1.165, 1.54) is 12.1 Å². The van der Waals surface area contributed by atoms with E-state index >= 15 is 0 Å². The maximum absolute atomic E-state index is 12.5. The molecule has 4 nitrogen and oxygen atoms in total. The molecule has 1 aliphatic carbocycles. The third kappa shape index (κ3) is 2.12. The standard InChI is InChI=1S/C19H9ClO4/c20-11-5-3-4-10(8-11)16(21)15-9-14-17(22)12-6-1-2-7-13(12)18(23)19(14)24-15/h1-9H. The van der Waals surface area contributed by atoms with E-state index in [0.717, 1.165) is 0 Å². The van der Waals surface area contributed by atoms with Gasteiger partial charge in [0.2, 0.25) is 11.6 Å². The first-order valence-electron chi connectivity index (χ1n) is 7.19. The predicted molar refractivity (Wildman–Crippen MR) is 86.9 cm³/mol. The van der Waals surface area contributed by atoms with Gasteiger partial charge in [-0.2, -0.15) is 0 Å². The number of benzene rings is 2. The summed E-state index contributed by atoms with van der Waals surface area (Å²) in [4.78, 5) is 37.6. The van der Waals surface area contributed by atoms with Crippen LogP contribution in [0.4, 0.5) is 0 Å². The Morgan fingerprint density at radius 3 is 2.25 bits per heavy atom. The second-order valence-electron chi connectivity index (χ2n) is 5.40. The van der Waals surface area contributed by atoms with Gasteiger partial charge in [0.15, 0.2) is 17.3 Å². The van der Waals surface area contributed by atoms with Gasteiger partial charge in [-0.3, -0.25) is 14.4 Å². The average Bonchev–Trinajstić information content (AvgIpc) is 3.05. The van der Waals surface area contributed by atoms with Crippen LogP contribution in [0.25, 0.3) is 0 Å². The van der Waals surface area contributed by atoms with E-state index in [4.69, 9.17) is 16.0 Å². The fourth-order valence-electron chi connectivity index (χ4n) is 2.76. The lowest BCUT2D eigenvalue weighted by Gasteiger charge is -2.11. The molecule has 1 heterocycles. The Hall–Kier alpha value is -2.98. The maximum Gasteiger partial charge on any atom is 0.229 e. The number of carbonyl (C=O) groups is 3. The van der Waals surface area contributed by atoms with Crippen LogP contribution < -0.4 is 0 Å². The van der Waals surface area contributed by atoms with Gasteiger partial charge in [0.25, 0.3) is 0 Å². The van der Waals surface area contributed by atoms with E-state index in [9.17, 15) is 14.4 Å². The van der Waals surface area contributed by atoms with E-state index in [-0.39, 0.29) is 28.4 Å². The molecule has 0 aliphatic heterocycles. The molecule has 116 valence electrons. The Morgan fingerprint density at radius 2 is 1.54 bits per heavy atom. The molecule has 4 rings (SSSR count). The lowest BCUT2D eigenvalue weighted by atomic mass is 9.88. The van der Waals surface area contributed by atoms with E-state index in [2.05, 4.69) is 0 Å². The number of ketones is 3. The summed E-state index contributed by atoms with van der Waals surface area (Å²) >= 11 is 5.89. The van der Waals surface area contributed by atoms with Crippen LogP contribution >= 0.6 is 11.6 Å². The van der Waals surface area contributed by atoms with Crippen molar-refractivity contribution in [1.82, 2.24) is 0 Å². The van der Waals surface area contributed by atoms with Crippen LogP contribution in [0.3, 0.4) is 0 Å². The van der Waals surface area contributed by atoms with Crippen molar-refractivity contribution in [1.29, 1.82) is 0 Å². The molecule has 0 radical (unpaired) electrons. The quantitative estimate of drug-likeness (QED) is 0.520. The lowest BCUT2D eigenvalue weighted by molar-refractivity contribution is 0.0951. The van der Waals surface area contributed by atoms with Gasteiger partial charge in [0.05, 0.1) is 5.56 Å². The first-order chi connectivity index (χ1) is 11.6. The van der Waals surface area contributed by atoms with E-state index < -0.39 is 11.6 Å². The Morgan fingerprint density at radius 1 is 0.833 bits per heavy atom. The minimum atomic E-state index is -0.434. The molecule has 1 aromatic heterocycles. The second kappa shape index (κ2) is 5.28. The Labute approximate surface area is 141 Å². The van der Waals surface area contributed by atoms with Crippen LogP contribution in [0.15, 0.2) is 59.0 Å². The molecule has 0 fully saturated rings. The molecule has 0 bridgehead atoms. The lowest BCUT2D eigenvalue weighted by Crippen LogP contribution is -2.18. The normalized spacial score (nSPS) is 12.7. The minimum absolute atomic E-state index is 0.0585. The minimum Gasteiger partial charge on any atom is -0.448 e. The van der Waals surface area contributed by atoms with Gasteiger partial charge in [-0.25, -0.2) is 0 Å². The van der Waals surface area contributed by atoms with E-state index in [1.807, 2.05) is 0 Å². The number of carbonyl (C=O) groups excluding carboxylic acids is 3. The fraction of sp³-hybridized carbons (Fsp3) is 0. The topological polar surface area (TPSA) is 64.3 Å². The molecular formula is C19H9ClO4. The van der Waals surface area contributed by atoms with Crippen molar-refractivity contribution < 1.29 is 18.8 Å². The zero-order valence-electron chi connectivity index (χ0n) is 12.2. The van der Waals surface area contributed by atoms with Gasteiger partial charge in [-0.05, 0) is 18.2 Å². The molecule has 0 spiro atoms. The van der Waals surface area contributed by atoms with Crippen molar-refractivity contribution in [2.24, 2.45) is 0 Å². The summed E-state index contributed by atoms with van der Waals surface area (Å²) in [7, 11) is 0. The highest BCUT2D eigenvalue weighted by Gasteiger charge is 2.34. The highest BCUT2D eigenvalue weighted by molar-refractivity contribution is 6.31.